The number of hydrogen-bond donors (Lipinski definition) is 0. The molecule has 0 unspecified atom stereocenters. The van der Waals surface area contributed by atoms with Crippen LogP contribution in [0, 0.1) is 0 Å². The Balaban J connectivity index is 1.31. The summed E-state index contributed by atoms with van der Waals surface area (Å²) in [7, 11) is -1.77. The van der Waals surface area contributed by atoms with Gasteiger partial charge >= 0.3 is 0 Å². The third-order valence-electron chi connectivity index (χ3n) is 7.22. The van der Waals surface area contributed by atoms with Gasteiger partial charge in [-0.05, 0) is 50.1 Å². The zero-order chi connectivity index (χ0) is 24.4. The molecule has 3 aromatic rings. The first kappa shape index (κ1) is 24.1. The van der Waals surface area contributed by atoms with Gasteiger partial charge in [-0.25, -0.2) is 13.4 Å². The van der Waals surface area contributed by atoms with Crippen molar-refractivity contribution in [2.75, 3.05) is 51.3 Å². The zero-order valence-corrected chi connectivity index (χ0v) is 21.5. The van der Waals surface area contributed by atoms with Gasteiger partial charge in [0.1, 0.15) is 11.6 Å². The molecule has 188 valence electrons. The number of sulfonamides is 1. The SMILES string of the molecule is CCn1c(CN2CCN(c3cccc(OC)c3)CC2)nc2cc(S(=O)(=O)N3CCCCC3)ccc21. The molecule has 0 N–H and O–H groups in total. The van der Waals surface area contributed by atoms with E-state index in [1.54, 1.807) is 23.5 Å². The standard InChI is InChI=1S/C26H35N5O3S/c1-3-31-25-11-10-23(35(32,33)30-12-5-4-6-13-30)19-24(25)27-26(31)20-28-14-16-29(17-15-28)21-8-7-9-22(18-21)34-2/h7-11,18-19H,3-6,12-17,20H2,1-2H3. The molecule has 5 rings (SSSR count). The smallest absolute Gasteiger partial charge is 0.243 e. The summed E-state index contributed by atoms with van der Waals surface area (Å²) in [6, 6.07) is 13.6. The first-order chi connectivity index (χ1) is 17.0. The summed E-state index contributed by atoms with van der Waals surface area (Å²) in [5, 5.41) is 0. The molecule has 0 aliphatic carbocycles. The highest BCUT2D eigenvalue weighted by atomic mass is 32.2. The molecule has 0 radical (unpaired) electrons. The van der Waals surface area contributed by atoms with Crippen LogP contribution < -0.4 is 9.64 Å². The minimum atomic E-state index is -3.47. The van der Waals surface area contributed by atoms with Gasteiger partial charge in [0.15, 0.2) is 0 Å². The van der Waals surface area contributed by atoms with Crippen molar-refractivity contribution in [2.45, 2.75) is 44.2 Å². The maximum atomic E-state index is 13.2. The number of rotatable bonds is 7. The Bertz CT molecular complexity index is 1280. The minimum absolute atomic E-state index is 0.353. The Morgan fingerprint density at radius 1 is 0.943 bits per heavy atom. The largest absolute Gasteiger partial charge is 0.497 e. The normalized spacial score (nSPS) is 18.3. The number of anilines is 1. The van der Waals surface area contributed by atoms with E-state index in [1.165, 1.54) is 5.69 Å². The van der Waals surface area contributed by atoms with Crippen molar-refractivity contribution in [3.63, 3.8) is 0 Å². The van der Waals surface area contributed by atoms with Gasteiger partial charge in [0, 0.05) is 57.6 Å². The highest BCUT2D eigenvalue weighted by Crippen LogP contribution is 2.26. The number of methoxy groups -OCH3 is 1. The van der Waals surface area contributed by atoms with Crippen molar-refractivity contribution >= 4 is 26.7 Å². The van der Waals surface area contributed by atoms with Crippen LogP contribution in [0.2, 0.25) is 0 Å². The molecule has 2 fully saturated rings. The van der Waals surface area contributed by atoms with Crippen LogP contribution in [0.25, 0.3) is 11.0 Å². The number of aryl methyl sites for hydroxylation is 1. The van der Waals surface area contributed by atoms with Crippen molar-refractivity contribution in [1.29, 1.82) is 0 Å². The van der Waals surface area contributed by atoms with E-state index in [0.29, 0.717) is 18.0 Å². The van der Waals surface area contributed by atoms with Gasteiger partial charge in [0.2, 0.25) is 10.0 Å². The first-order valence-corrected chi connectivity index (χ1v) is 14.0. The molecule has 8 nitrogen and oxygen atoms in total. The molecular formula is C26H35N5O3S. The monoisotopic (exact) mass is 497 g/mol. The topological polar surface area (TPSA) is 70.9 Å². The van der Waals surface area contributed by atoms with Gasteiger partial charge in [0.25, 0.3) is 0 Å². The number of fused-ring (bicyclic) bond motifs is 1. The fraction of sp³-hybridized carbons (Fsp3) is 0.500. The summed E-state index contributed by atoms with van der Waals surface area (Å²) >= 11 is 0. The predicted octanol–water partition coefficient (Wildman–Crippen LogP) is 3.56. The van der Waals surface area contributed by atoms with Crippen LogP contribution in [0.15, 0.2) is 47.4 Å². The van der Waals surface area contributed by atoms with Gasteiger partial charge < -0.3 is 14.2 Å². The van der Waals surface area contributed by atoms with E-state index in [1.807, 2.05) is 18.2 Å². The lowest BCUT2D eigenvalue weighted by Gasteiger charge is -2.36. The molecule has 0 amide bonds. The molecule has 9 heteroatoms. The Labute approximate surface area is 208 Å². The van der Waals surface area contributed by atoms with Gasteiger partial charge in [-0.15, -0.1) is 0 Å². The van der Waals surface area contributed by atoms with Crippen molar-refractivity contribution in [2.24, 2.45) is 0 Å². The third kappa shape index (κ3) is 4.90. The van der Waals surface area contributed by atoms with E-state index in [4.69, 9.17) is 9.72 Å². The molecular weight excluding hydrogens is 462 g/mol. The maximum Gasteiger partial charge on any atom is 0.243 e. The summed E-state index contributed by atoms with van der Waals surface area (Å²) in [6.45, 7) is 8.65. The van der Waals surface area contributed by atoms with Crippen molar-refractivity contribution in [3.8, 4) is 5.75 Å². The Kier molecular flexibility index (Phi) is 7.00. The number of benzene rings is 2. The second-order valence-electron chi connectivity index (χ2n) is 9.35. The molecule has 0 spiro atoms. The highest BCUT2D eigenvalue weighted by molar-refractivity contribution is 7.89. The predicted molar refractivity (Wildman–Crippen MR) is 139 cm³/mol. The Hall–Kier alpha value is -2.62. The average Bonchev–Trinajstić information content (AvgIpc) is 3.25. The highest BCUT2D eigenvalue weighted by Gasteiger charge is 2.27. The number of ether oxygens (including phenoxy) is 1. The summed E-state index contributed by atoms with van der Waals surface area (Å²) in [5.74, 6) is 1.87. The summed E-state index contributed by atoms with van der Waals surface area (Å²) in [4.78, 5) is 10.1. The number of aromatic nitrogens is 2. The van der Waals surface area contributed by atoms with Crippen LogP contribution in [0.1, 0.15) is 32.0 Å². The van der Waals surface area contributed by atoms with E-state index in [0.717, 1.165) is 81.1 Å². The molecule has 3 heterocycles. The number of hydrogen-bond acceptors (Lipinski definition) is 6. The fourth-order valence-corrected chi connectivity index (χ4v) is 6.76. The van der Waals surface area contributed by atoms with Gasteiger partial charge in [-0.2, -0.15) is 4.31 Å². The van der Waals surface area contributed by atoms with Crippen LogP contribution in [-0.4, -0.2) is 73.6 Å². The number of piperidine rings is 1. The quantitative estimate of drug-likeness (QED) is 0.497. The van der Waals surface area contributed by atoms with Crippen LogP contribution in [0.3, 0.4) is 0 Å². The molecule has 0 atom stereocenters. The maximum absolute atomic E-state index is 13.2. The lowest BCUT2D eigenvalue weighted by atomic mass is 10.2. The first-order valence-electron chi connectivity index (χ1n) is 12.6. The van der Waals surface area contributed by atoms with E-state index in [2.05, 4.69) is 33.4 Å². The fourth-order valence-electron chi connectivity index (χ4n) is 5.22. The van der Waals surface area contributed by atoms with Crippen molar-refractivity contribution < 1.29 is 13.2 Å². The third-order valence-corrected chi connectivity index (χ3v) is 9.12. The zero-order valence-electron chi connectivity index (χ0n) is 20.7. The Morgan fingerprint density at radius 2 is 1.71 bits per heavy atom. The Morgan fingerprint density at radius 3 is 2.43 bits per heavy atom. The van der Waals surface area contributed by atoms with Crippen LogP contribution in [0.5, 0.6) is 5.75 Å². The second-order valence-corrected chi connectivity index (χ2v) is 11.3. The lowest BCUT2D eigenvalue weighted by molar-refractivity contribution is 0.241. The molecule has 1 aromatic heterocycles. The van der Waals surface area contributed by atoms with E-state index >= 15 is 0 Å². The van der Waals surface area contributed by atoms with Gasteiger partial charge in [-0.3, -0.25) is 4.90 Å². The molecule has 2 saturated heterocycles. The number of imidazole rings is 1. The number of nitrogens with zero attached hydrogens (tertiary/aromatic N) is 5. The summed E-state index contributed by atoms with van der Waals surface area (Å²) in [5.41, 5.74) is 2.94. The molecule has 0 saturated carbocycles. The van der Waals surface area contributed by atoms with E-state index in [-0.39, 0.29) is 0 Å². The molecule has 2 aromatic carbocycles. The molecule has 0 bridgehead atoms. The van der Waals surface area contributed by atoms with Crippen LogP contribution >= 0.6 is 0 Å². The van der Waals surface area contributed by atoms with Crippen LogP contribution in [0.4, 0.5) is 5.69 Å². The minimum Gasteiger partial charge on any atom is -0.497 e. The second kappa shape index (κ2) is 10.2. The van der Waals surface area contributed by atoms with Crippen molar-refractivity contribution in [1.82, 2.24) is 18.8 Å². The molecule has 2 aliphatic heterocycles. The van der Waals surface area contributed by atoms with Gasteiger partial charge in [0.05, 0.1) is 29.6 Å². The van der Waals surface area contributed by atoms with Crippen molar-refractivity contribution in [3.05, 3.63) is 48.3 Å². The van der Waals surface area contributed by atoms with Gasteiger partial charge in [-0.1, -0.05) is 12.5 Å². The average molecular weight is 498 g/mol. The summed E-state index contributed by atoms with van der Waals surface area (Å²) < 4.78 is 35.5. The molecule has 2 aliphatic rings. The van der Waals surface area contributed by atoms with E-state index < -0.39 is 10.0 Å². The number of piperazine rings is 1. The molecule has 35 heavy (non-hydrogen) atoms. The lowest BCUT2D eigenvalue weighted by Crippen LogP contribution is -2.46. The van der Waals surface area contributed by atoms with E-state index in [9.17, 15) is 8.42 Å². The summed E-state index contributed by atoms with van der Waals surface area (Å²) in [6.07, 6.45) is 2.96. The van der Waals surface area contributed by atoms with Crippen LogP contribution in [-0.2, 0) is 23.1 Å².